The molecule has 0 aromatic carbocycles. The molecule has 5 aliphatic rings. The van der Waals surface area contributed by atoms with Gasteiger partial charge in [0.15, 0.2) is 11.7 Å². The summed E-state index contributed by atoms with van der Waals surface area (Å²) in [6.45, 7) is 8.73. The lowest BCUT2D eigenvalue weighted by Crippen LogP contribution is -2.62. The molecule has 10 heteroatoms. The van der Waals surface area contributed by atoms with Gasteiger partial charge in [0.2, 0.25) is 6.29 Å². The molecular formula is C21H28O10. The topological polar surface area (TPSA) is 149 Å². The second-order valence-corrected chi connectivity index (χ2v) is 10.9. The molecule has 6 unspecified atom stereocenters. The van der Waals surface area contributed by atoms with Crippen LogP contribution in [0.25, 0.3) is 0 Å². The normalized spacial score (nSPS) is 52.1. The maximum atomic E-state index is 13.1. The molecule has 3 saturated heterocycles. The smallest absolute Gasteiger partial charge is 0.340 e. The molecular weight excluding hydrogens is 412 g/mol. The predicted octanol–water partition coefficient (Wildman–Crippen LogP) is -0.733. The zero-order valence-electron chi connectivity index (χ0n) is 18.0. The van der Waals surface area contributed by atoms with Gasteiger partial charge in [-0.2, -0.15) is 0 Å². The molecule has 0 amide bonds. The highest BCUT2D eigenvalue weighted by Crippen LogP contribution is 2.81. The van der Waals surface area contributed by atoms with Gasteiger partial charge in [0, 0.05) is 12.3 Å². The molecule has 172 valence electrons. The molecule has 2 spiro atoms. The maximum Gasteiger partial charge on any atom is 0.340 e. The van der Waals surface area contributed by atoms with Crippen molar-refractivity contribution < 1.29 is 48.7 Å². The van der Waals surface area contributed by atoms with Gasteiger partial charge in [-0.3, -0.25) is 4.79 Å². The summed E-state index contributed by atoms with van der Waals surface area (Å²) < 4.78 is 22.5. The fourth-order valence-electron chi connectivity index (χ4n) is 7.40. The van der Waals surface area contributed by atoms with Crippen LogP contribution in [0.4, 0.5) is 0 Å². The quantitative estimate of drug-likeness (QED) is 0.370. The van der Waals surface area contributed by atoms with Crippen molar-refractivity contribution in [2.75, 3.05) is 0 Å². The molecule has 2 saturated carbocycles. The Bertz CT molecular complexity index is 878. The van der Waals surface area contributed by atoms with Crippen LogP contribution < -0.4 is 0 Å². The van der Waals surface area contributed by atoms with Crippen molar-refractivity contribution in [3.63, 3.8) is 0 Å². The van der Waals surface area contributed by atoms with Crippen molar-refractivity contribution in [2.45, 2.75) is 83.5 Å². The van der Waals surface area contributed by atoms with Crippen molar-refractivity contribution in [3.05, 3.63) is 0 Å². The van der Waals surface area contributed by atoms with E-state index in [1.165, 1.54) is 0 Å². The van der Waals surface area contributed by atoms with Gasteiger partial charge < -0.3 is 34.3 Å². The minimum atomic E-state index is -1.83. The molecule has 31 heavy (non-hydrogen) atoms. The Morgan fingerprint density at radius 1 is 1.16 bits per heavy atom. The number of rotatable bonds is 2. The minimum Gasteiger partial charge on any atom is -0.459 e. The van der Waals surface area contributed by atoms with E-state index in [4.69, 9.17) is 18.9 Å². The Kier molecular flexibility index (Phi) is 3.94. The van der Waals surface area contributed by atoms with E-state index in [1.54, 1.807) is 13.8 Å². The summed E-state index contributed by atoms with van der Waals surface area (Å²) in [6.07, 6.45) is -8.62. The van der Waals surface area contributed by atoms with E-state index in [2.05, 4.69) is 0 Å². The average Bonchev–Trinajstić information content (AvgIpc) is 3.29. The van der Waals surface area contributed by atoms with E-state index >= 15 is 0 Å². The third-order valence-electron chi connectivity index (χ3n) is 8.14. The SMILES string of the molecule is CC(C)C(=O)OC1CC23OC4OC(=O)[C@H](O)C45[C@H](C(C)(C)C)[C@@H](O)C(OC2=O)C35[C@H]1O. The number of aliphatic hydroxyl groups is 3. The number of ether oxygens (including phenoxy) is 4. The summed E-state index contributed by atoms with van der Waals surface area (Å²) >= 11 is 0. The van der Waals surface area contributed by atoms with Crippen molar-refractivity contribution in [1.29, 1.82) is 0 Å². The number of aliphatic hydroxyl groups excluding tert-OH is 3. The molecule has 2 aliphatic carbocycles. The first kappa shape index (κ1) is 21.1. The molecule has 10 atom stereocenters. The van der Waals surface area contributed by atoms with Gasteiger partial charge in [-0.25, -0.2) is 9.59 Å². The monoisotopic (exact) mass is 440 g/mol. The molecule has 0 aromatic heterocycles. The van der Waals surface area contributed by atoms with Crippen molar-refractivity contribution in [1.82, 2.24) is 0 Å². The zero-order valence-corrected chi connectivity index (χ0v) is 18.0. The third-order valence-corrected chi connectivity index (χ3v) is 8.14. The van der Waals surface area contributed by atoms with Gasteiger partial charge in [0.25, 0.3) is 0 Å². The molecule has 3 heterocycles. The molecule has 5 fully saturated rings. The second-order valence-electron chi connectivity index (χ2n) is 10.9. The van der Waals surface area contributed by atoms with Crippen molar-refractivity contribution in [2.24, 2.45) is 28.1 Å². The Hall–Kier alpha value is -1.75. The van der Waals surface area contributed by atoms with E-state index in [0.29, 0.717) is 0 Å². The zero-order chi connectivity index (χ0) is 22.9. The number of carbonyl (C=O) groups is 3. The highest BCUT2D eigenvalue weighted by molar-refractivity contribution is 5.89. The van der Waals surface area contributed by atoms with E-state index < -0.39 is 88.4 Å². The molecule has 3 aliphatic heterocycles. The van der Waals surface area contributed by atoms with Crippen LogP contribution in [0.2, 0.25) is 0 Å². The van der Waals surface area contributed by atoms with Gasteiger partial charge in [-0.05, 0) is 5.41 Å². The van der Waals surface area contributed by atoms with Crippen molar-refractivity contribution >= 4 is 17.9 Å². The molecule has 10 nitrogen and oxygen atoms in total. The summed E-state index contributed by atoms with van der Waals surface area (Å²) in [4.78, 5) is 38.0. The van der Waals surface area contributed by atoms with Crippen LogP contribution in [0, 0.1) is 28.1 Å². The molecule has 0 radical (unpaired) electrons. The highest BCUT2D eigenvalue weighted by atomic mass is 16.7. The second kappa shape index (κ2) is 5.78. The lowest BCUT2D eigenvalue weighted by atomic mass is 9.52. The number of carbonyl (C=O) groups excluding carboxylic acids is 3. The van der Waals surface area contributed by atoms with E-state index in [-0.39, 0.29) is 6.42 Å². The fourth-order valence-corrected chi connectivity index (χ4v) is 7.40. The minimum absolute atomic E-state index is 0.228. The van der Waals surface area contributed by atoms with Gasteiger partial charge in [0.05, 0.1) is 22.9 Å². The maximum absolute atomic E-state index is 13.1. The summed E-state index contributed by atoms with van der Waals surface area (Å²) in [7, 11) is 0. The molecule has 3 N–H and O–H groups in total. The molecule has 5 rings (SSSR count). The third kappa shape index (κ3) is 1.94. The van der Waals surface area contributed by atoms with Gasteiger partial charge in [-0.1, -0.05) is 34.6 Å². The van der Waals surface area contributed by atoms with E-state index in [1.807, 2.05) is 20.8 Å². The Labute approximate surface area is 178 Å². The molecule has 0 bridgehead atoms. The lowest BCUT2D eigenvalue weighted by Gasteiger charge is -2.47. The Morgan fingerprint density at radius 3 is 2.39 bits per heavy atom. The Balaban J connectivity index is 1.75. The first-order valence-corrected chi connectivity index (χ1v) is 10.6. The van der Waals surface area contributed by atoms with E-state index in [9.17, 15) is 29.7 Å². The van der Waals surface area contributed by atoms with Crippen LogP contribution in [-0.4, -0.2) is 75.6 Å². The summed E-state index contributed by atoms with van der Waals surface area (Å²) in [5.41, 5.74) is -5.93. The van der Waals surface area contributed by atoms with Crippen LogP contribution in [0.5, 0.6) is 0 Å². The highest BCUT2D eigenvalue weighted by Gasteiger charge is 2.99. The lowest BCUT2D eigenvalue weighted by molar-refractivity contribution is -0.204. The number of hydrogen-bond acceptors (Lipinski definition) is 10. The van der Waals surface area contributed by atoms with Crippen LogP contribution >= 0.6 is 0 Å². The number of esters is 3. The van der Waals surface area contributed by atoms with Crippen molar-refractivity contribution in [3.8, 4) is 0 Å². The summed E-state index contributed by atoms with van der Waals surface area (Å²) in [6, 6.07) is 0. The average molecular weight is 440 g/mol. The Morgan fingerprint density at radius 2 is 1.81 bits per heavy atom. The number of hydrogen-bond donors (Lipinski definition) is 3. The fraction of sp³-hybridized carbons (Fsp3) is 0.857. The van der Waals surface area contributed by atoms with Gasteiger partial charge in [-0.15, -0.1) is 0 Å². The summed E-state index contributed by atoms with van der Waals surface area (Å²) in [5.74, 6) is -3.67. The predicted molar refractivity (Wildman–Crippen MR) is 98.7 cm³/mol. The van der Waals surface area contributed by atoms with E-state index in [0.717, 1.165) is 0 Å². The van der Waals surface area contributed by atoms with Gasteiger partial charge in [0.1, 0.15) is 18.3 Å². The first-order chi connectivity index (χ1) is 14.3. The summed E-state index contributed by atoms with van der Waals surface area (Å²) in [5, 5.41) is 34.2. The van der Waals surface area contributed by atoms with Crippen LogP contribution in [0.15, 0.2) is 0 Å². The largest absolute Gasteiger partial charge is 0.459 e. The van der Waals surface area contributed by atoms with Gasteiger partial charge >= 0.3 is 17.9 Å². The standard InChI is InChI=1S/C21H28O10/c1-7(2)14(25)28-8-6-19-16(27)29-13-9(22)10(18(3,4)5)20(21(13,19)11(8)23)12(24)15(26)30-17(20)31-19/h7-13,17,22-24H,6H2,1-5H3/t8?,9-,10+,11+,12+,13?,17?,19?,20?,21?/m1/s1. The van der Waals surface area contributed by atoms with Crippen LogP contribution in [-0.2, 0) is 33.3 Å². The van der Waals surface area contributed by atoms with Crippen LogP contribution in [0.3, 0.4) is 0 Å². The first-order valence-electron chi connectivity index (χ1n) is 10.6. The molecule has 0 aromatic rings. The van der Waals surface area contributed by atoms with Crippen LogP contribution in [0.1, 0.15) is 41.0 Å².